The third kappa shape index (κ3) is 3.96. The van der Waals surface area contributed by atoms with Crippen molar-refractivity contribution in [3.05, 3.63) is 38.3 Å². The third-order valence-electron chi connectivity index (χ3n) is 7.74. The van der Waals surface area contributed by atoms with Crippen LogP contribution in [-0.2, 0) is 4.74 Å². The van der Waals surface area contributed by atoms with Crippen molar-refractivity contribution in [3.8, 4) is 0 Å². The number of aromatic nitrogens is 2. The molecule has 1 saturated heterocycles. The van der Waals surface area contributed by atoms with Crippen molar-refractivity contribution < 1.29 is 13.9 Å². The Kier molecular flexibility index (Phi) is 5.23. The van der Waals surface area contributed by atoms with Gasteiger partial charge in [-0.25, -0.2) is 14.0 Å². The Morgan fingerprint density at radius 3 is 2.51 bits per heavy atom. The molecule has 190 valence electrons. The highest BCUT2D eigenvalue weighted by atomic mass is 19.1. The van der Waals surface area contributed by atoms with E-state index in [-0.39, 0.29) is 28.8 Å². The minimum atomic E-state index is -0.691. The monoisotopic (exact) mass is 487 g/mol. The molecule has 0 radical (unpaired) electrons. The van der Waals surface area contributed by atoms with E-state index in [2.05, 4.69) is 5.32 Å². The second-order valence-electron chi connectivity index (χ2n) is 11.6. The number of ether oxygens (including phenoxy) is 1. The fourth-order valence-corrected chi connectivity index (χ4v) is 5.85. The first-order valence-corrected chi connectivity index (χ1v) is 12.3. The summed E-state index contributed by atoms with van der Waals surface area (Å²) in [6.45, 7) is 10.4. The number of fused-ring (bicyclic) bond motifs is 1. The normalized spacial score (nSPS) is 22.0. The van der Waals surface area contributed by atoms with E-state index in [0.717, 1.165) is 25.7 Å². The van der Waals surface area contributed by atoms with Crippen LogP contribution in [0.4, 0.5) is 14.9 Å². The van der Waals surface area contributed by atoms with E-state index in [0.29, 0.717) is 34.5 Å². The van der Waals surface area contributed by atoms with Crippen molar-refractivity contribution in [1.82, 2.24) is 14.6 Å². The number of alkyl carbamates (subject to hydrolysis) is 1. The van der Waals surface area contributed by atoms with Crippen LogP contribution in [0.1, 0.15) is 65.0 Å². The molecule has 2 heterocycles. The number of anilines is 1. The van der Waals surface area contributed by atoms with E-state index < -0.39 is 28.8 Å². The van der Waals surface area contributed by atoms with E-state index in [4.69, 9.17) is 10.6 Å². The van der Waals surface area contributed by atoms with Gasteiger partial charge in [0.05, 0.1) is 16.6 Å². The molecule has 1 aromatic heterocycles. The predicted molar refractivity (Wildman–Crippen MR) is 132 cm³/mol. The van der Waals surface area contributed by atoms with Crippen LogP contribution in [0.25, 0.3) is 10.9 Å². The molecule has 1 aromatic carbocycles. The highest BCUT2D eigenvalue weighted by Gasteiger charge is 2.57. The molecular formula is C25H34FN5O4. The number of carbonyl (C=O) groups is 1. The Balaban J connectivity index is 1.51. The molecule has 2 unspecified atom stereocenters. The molecule has 0 bridgehead atoms. The SMILES string of the molecule is Cc1c(N2CC(C(C)NC(=O)OC(C)(C)C)C3(CC3)C2)c(F)cc2c(=O)n(N)c(=O)n(C3CC3)c12. The van der Waals surface area contributed by atoms with Crippen LogP contribution in [0.2, 0.25) is 0 Å². The molecule has 3 fully saturated rings. The molecule has 3 aliphatic rings. The van der Waals surface area contributed by atoms with E-state index in [9.17, 15) is 14.4 Å². The number of rotatable bonds is 4. The third-order valence-corrected chi connectivity index (χ3v) is 7.74. The molecule has 1 amide bonds. The van der Waals surface area contributed by atoms with E-state index in [1.54, 1.807) is 11.5 Å². The molecule has 5 rings (SSSR count). The summed E-state index contributed by atoms with van der Waals surface area (Å²) in [5.41, 5.74) is -0.395. The van der Waals surface area contributed by atoms with Gasteiger partial charge in [0.1, 0.15) is 11.4 Å². The first-order valence-electron chi connectivity index (χ1n) is 12.3. The summed E-state index contributed by atoms with van der Waals surface area (Å²) in [4.78, 5) is 40.0. The lowest BCUT2D eigenvalue weighted by atomic mass is 9.87. The van der Waals surface area contributed by atoms with Crippen molar-refractivity contribution in [2.75, 3.05) is 23.8 Å². The van der Waals surface area contributed by atoms with Gasteiger partial charge in [0.15, 0.2) is 0 Å². The average Bonchev–Trinajstić information content (AvgIpc) is 3.65. The molecular weight excluding hydrogens is 453 g/mol. The number of benzene rings is 1. The topological polar surface area (TPSA) is 112 Å². The van der Waals surface area contributed by atoms with Crippen molar-refractivity contribution in [3.63, 3.8) is 0 Å². The minimum Gasteiger partial charge on any atom is -0.444 e. The predicted octanol–water partition coefficient (Wildman–Crippen LogP) is 2.79. The first kappa shape index (κ1) is 23.7. The number of amides is 1. The molecule has 10 heteroatoms. The summed E-state index contributed by atoms with van der Waals surface area (Å²) < 4.78 is 23.1. The lowest BCUT2D eigenvalue weighted by Gasteiger charge is -2.27. The molecule has 9 nitrogen and oxygen atoms in total. The fraction of sp³-hybridized carbons (Fsp3) is 0.640. The summed E-state index contributed by atoms with van der Waals surface area (Å²) in [6.07, 6.45) is 3.20. The number of hydrogen-bond donors (Lipinski definition) is 2. The van der Waals surface area contributed by atoms with Gasteiger partial charge >= 0.3 is 11.8 Å². The second kappa shape index (κ2) is 7.73. The average molecular weight is 488 g/mol. The Labute approximate surface area is 203 Å². The van der Waals surface area contributed by atoms with E-state index in [1.165, 1.54) is 6.07 Å². The van der Waals surface area contributed by atoms with Crippen molar-refractivity contribution in [1.29, 1.82) is 0 Å². The van der Waals surface area contributed by atoms with Crippen molar-refractivity contribution >= 4 is 22.7 Å². The quantitative estimate of drug-likeness (QED) is 0.642. The van der Waals surface area contributed by atoms with Gasteiger partial charge in [-0.1, -0.05) is 0 Å². The Bertz CT molecular complexity index is 1330. The number of nitrogens with one attached hydrogen (secondary N) is 1. The van der Waals surface area contributed by atoms with Gasteiger partial charge in [0.2, 0.25) is 0 Å². The Hall–Kier alpha value is -3.04. The molecule has 2 aromatic rings. The van der Waals surface area contributed by atoms with Crippen molar-refractivity contribution in [2.24, 2.45) is 11.3 Å². The smallest absolute Gasteiger partial charge is 0.407 e. The first-order chi connectivity index (χ1) is 16.3. The summed E-state index contributed by atoms with van der Waals surface area (Å²) in [7, 11) is 0. The summed E-state index contributed by atoms with van der Waals surface area (Å²) in [5.74, 6) is 5.36. The number of hydrogen-bond acceptors (Lipinski definition) is 6. The van der Waals surface area contributed by atoms with E-state index in [1.807, 2.05) is 32.6 Å². The lowest BCUT2D eigenvalue weighted by Crippen LogP contribution is -2.45. The number of nitrogens with two attached hydrogens (primary N) is 1. The standard InChI is InChI=1S/C25H34FN5O4/c1-13-19-16(21(32)31(27)23(34)30(19)15-6-7-15)10-18(26)20(13)29-11-17(25(12-29)8-9-25)14(2)28-22(33)35-24(3,4)5/h10,14-15,17H,6-9,11-12,27H2,1-5H3,(H,28,33). The zero-order chi connectivity index (χ0) is 25.4. The van der Waals surface area contributed by atoms with Crippen LogP contribution in [0, 0.1) is 24.1 Å². The van der Waals surface area contributed by atoms with Gasteiger partial charge in [0.25, 0.3) is 5.56 Å². The zero-order valence-corrected chi connectivity index (χ0v) is 21.0. The fourth-order valence-electron chi connectivity index (χ4n) is 5.85. The maximum absolute atomic E-state index is 15.6. The largest absolute Gasteiger partial charge is 0.444 e. The maximum atomic E-state index is 15.6. The van der Waals surface area contributed by atoms with Crippen LogP contribution < -0.4 is 27.3 Å². The van der Waals surface area contributed by atoms with Crippen LogP contribution in [0.15, 0.2) is 15.7 Å². The lowest BCUT2D eigenvalue weighted by molar-refractivity contribution is 0.0485. The zero-order valence-electron chi connectivity index (χ0n) is 21.0. The van der Waals surface area contributed by atoms with Gasteiger partial charge in [0, 0.05) is 36.7 Å². The van der Waals surface area contributed by atoms with Crippen LogP contribution in [0.3, 0.4) is 0 Å². The summed E-state index contributed by atoms with van der Waals surface area (Å²) in [6, 6.07) is 1.03. The van der Waals surface area contributed by atoms with Crippen LogP contribution >= 0.6 is 0 Å². The van der Waals surface area contributed by atoms with Gasteiger partial charge in [-0.15, -0.1) is 0 Å². The minimum absolute atomic E-state index is 0.000904. The Morgan fingerprint density at radius 2 is 1.94 bits per heavy atom. The van der Waals surface area contributed by atoms with Crippen LogP contribution in [-0.4, -0.2) is 40.1 Å². The molecule has 2 atom stereocenters. The van der Waals surface area contributed by atoms with Gasteiger partial charge in [-0.05, 0) is 71.8 Å². The highest BCUT2D eigenvalue weighted by molar-refractivity contribution is 5.87. The number of aryl methyl sites for hydroxylation is 1. The number of halogens is 1. The number of nitrogen functional groups attached to an aromatic ring is 1. The van der Waals surface area contributed by atoms with Crippen LogP contribution in [0.5, 0.6) is 0 Å². The molecule has 35 heavy (non-hydrogen) atoms. The molecule has 2 saturated carbocycles. The van der Waals surface area contributed by atoms with Crippen molar-refractivity contribution in [2.45, 2.75) is 78.0 Å². The molecule has 3 N–H and O–H groups in total. The van der Waals surface area contributed by atoms with Gasteiger partial charge < -0.3 is 20.8 Å². The molecule has 1 spiro atoms. The summed E-state index contributed by atoms with van der Waals surface area (Å²) >= 11 is 0. The number of carbonyl (C=O) groups excluding carboxylic acids is 1. The van der Waals surface area contributed by atoms with E-state index >= 15 is 4.39 Å². The Morgan fingerprint density at radius 1 is 1.29 bits per heavy atom. The molecule has 1 aliphatic heterocycles. The second-order valence-corrected chi connectivity index (χ2v) is 11.6. The number of nitrogens with zero attached hydrogens (tertiary/aromatic N) is 3. The van der Waals surface area contributed by atoms with Gasteiger partial charge in [-0.2, -0.15) is 4.68 Å². The molecule has 2 aliphatic carbocycles. The maximum Gasteiger partial charge on any atom is 0.407 e. The summed E-state index contributed by atoms with van der Waals surface area (Å²) in [5, 5.41) is 3.09. The van der Waals surface area contributed by atoms with Gasteiger partial charge in [-0.3, -0.25) is 9.36 Å². The highest BCUT2D eigenvalue weighted by Crippen LogP contribution is 2.58.